The summed E-state index contributed by atoms with van der Waals surface area (Å²) in [6.45, 7) is 0.522. The van der Waals surface area contributed by atoms with Crippen molar-refractivity contribution in [2.45, 2.75) is 25.7 Å². The summed E-state index contributed by atoms with van der Waals surface area (Å²) in [5.74, 6) is 4.35. The maximum Gasteiger partial charge on any atom is 0.419 e. The number of hydrogen-bond acceptors (Lipinski definition) is 12. The monoisotopic (exact) mass is 866 g/mol. The van der Waals surface area contributed by atoms with Crippen LogP contribution in [0.25, 0.3) is 11.3 Å². The molecule has 7 rings (SSSR count). The van der Waals surface area contributed by atoms with Crippen molar-refractivity contribution in [2.24, 2.45) is 10.2 Å². The molecule has 0 unspecified atom stereocenters. The number of amides is 2. The van der Waals surface area contributed by atoms with Gasteiger partial charge in [0.15, 0.2) is 5.71 Å². The van der Waals surface area contributed by atoms with Crippen molar-refractivity contribution >= 4 is 56.2 Å². The number of hydrogen-bond donors (Lipinski definition) is 4. The van der Waals surface area contributed by atoms with E-state index in [0.29, 0.717) is 62.6 Å². The maximum absolute atomic E-state index is 13.7. The van der Waals surface area contributed by atoms with Gasteiger partial charge < -0.3 is 20.5 Å². The van der Waals surface area contributed by atoms with Gasteiger partial charge in [0, 0.05) is 70.8 Å². The average molecular weight is 867 g/mol. The Morgan fingerprint density at radius 3 is 2.54 bits per heavy atom. The third kappa shape index (κ3) is 10.7. The van der Waals surface area contributed by atoms with Gasteiger partial charge in [-0.05, 0) is 48.0 Å². The molecule has 0 saturated carbocycles. The highest BCUT2D eigenvalue weighted by Crippen LogP contribution is 2.33. The highest BCUT2D eigenvalue weighted by molar-refractivity contribution is 7.14. The van der Waals surface area contributed by atoms with E-state index >= 15 is 0 Å². The highest BCUT2D eigenvalue weighted by Gasteiger charge is 2.36. The Hall–Kier alpha value is -6.78. The molecule has 1 aliphatic heterocycles. The molecule has 2 amide bonds. The Balaban J connectivity index is 0.942. The van der Waals surface area contributed by atoms with E-state index in [1.54, 1.807) is 59.4 Å². The van der Waals surface area contributed by atoms with Crippen LogP contribution in [0.5, 0.6) is 5.75 Å². The number of benzene rings is 4. The molecule has 310 valence electrons. The Labute approximate surface area is 354 Å². The highest BCUT2D eigenvalue weighted by atomic mass is 32.1. The Morgan fingerprint density at radius 2 is 1.79 bits per heavy atom. The van der Waals surface area contributed by atoms with Gasteiger partial charge in [-0.1, -0.05) is 60.4 Å². The fourth-order valence-electron chi connectivity index (χ4n) is 5.87. The lowest BCUT2D eigenvalue weighted by atomic mass is 10.1. The molecule has 0 bridgehead atoms. The predicted molar refractivity (Wildman–Crippen MR) is 226 cm³/mol. The maximum atomic E-state index is 13.7. The fraction of sp³-hybridized carbons (Fsp3) is 0.163. The quantitative estimate of drug-likeness (QED) is 0.0359. The van der Waals surface area contributed by atoms with Crippen molar-refractivity contribution in [3.05, 3.63) is 147 Å². The van der Waals surface area contributed by atoms with Crippen LogP contribution in [0.4, 0.5) is 27.8 Å². The van der Waals surface area contributed by atoms with Gasteiger partial charge >= 0.3 is 12.1 Å². The van der Waals surface area contributed by atoms with Crippen molar-refractivity contribution in [2.75, 3.05) is 30.1 Å². The Bertz CT molecular complexity index is 2620. The van der Waals surface area contributed by atoms with Gasteiger partial charge in [-0.2, -0.15) is 28.4 Å². The number of thiazole rings is 2. The minimum absolute atomic E-state index is 0.103. The van der Waals surface area contributed by atoms with Crippen LogP contribution in [0, 0.1) is 17.7 Å². The molecule has 18 heteroatoms. The first-order valence-corrected chi connectivity index (χ1v) is 20.3. The van der Waals surface area contributed by atoms with Crippen LogP contribution in [-0.4, -0.2) is 58.0 Å². The average Bonchev–Trinajstić information content (AvgIpc) is 4.04. The second kappa shape index (κ2) is 19.5. The SMILES string of the molecule is O=C(NCCC#Cc1ccc(OCc2ccc(F)c(C(F)(F)F)c2)c(CNCCO)c1)c1ccc(-c2csc(N3N=C(c4ccccc4)/C(=N\Nc4nccs4)C3=O)n2)cc1. The molecule has 4 N–H and O–H groups in total. The topological polar surface area (TPSA) is 153 Å². The molecule has 6 aromatic rings. The van der Waals surface area contributed by atoms with Crippen LogP contribution < -0.4 is 25.8 Å². The van der Waals surface area contributed by atoms with Gasteiger partial charge in [0.1, 0.15) is 23.9 Å². The molecule has 2 aromatic heterocycles. The number of nitrogens with one attached hydrogen (secondary N) is 3. The Morgan fingerprint density at radius 1 is 0.967 bits per heavy atom. The molecule has 0 saturated heterocycles. The van der Waals surface area contributed by atoms with E-state index in [1.807, 2.05) is 30.3 Å². The van der Waals surface area contributed by atoms with Crippen LogP contribution >= 0.6 is 22.7 Å². The number of ether oxygens (including phenoxy) is 1. The van der Waals surface area contributed by atoms with Crippen LogP contribution in [0.2, 0.25) is 0 Å². The van der Waals surface area contributed by atoms with Crippen molar-refractivity contribution < 1.29 is 37.0 Å². The summed E-state index contributed by atoms with van der Waals surface area (Å²) in [5, 5.41) is 29.7. The molecular weight excluding hydrogens is 833 g/mol. The van der Waals surface area contributed by atoms with Crippen LogP contribution in [0.1, 0.15) is 44.6 Å². The number of hydrazone groups is 2. The summed E-state index contributed by atoms with van der Waals surface area (Å²) >= 11 is 2.59. The first-order valence-electron chi connectivity index (χ1n) is 18.6. The van der Waals surface area contributed by atoms with E-state index in [2.05, 4.69) is 48.1 Å². The summed E-state index contributed by atoms with van der Waals surface area (Å²) in [6, 6.07) is 24.0. The van der Waals surface area contributed by atoms with Gasteiger partial charge in [-0.25, -0.2) is 14.4 Å². The lowest BCUT2D eigenvalue weighted by Crippen LogP contribution is -2.28. The summed E-state index contributed by atoms with van der Waals surface area (Å²) in [5.41, 5.74) is 5.88. The third-order valence-corrected chi connectivity index (χ3v) is 10.3. The largest absolute Gasteiger partial charge is 0.489 e. The normalized spacial score (nSPS) is 13.2. The Kier molecular flexibility index (Phi) is 13.6. The molecular formula is C43H34F4N8O4S2. The van der Waals surface area contributed by atoms with Crippen molar-refractivity contribution in [1.82, 2.24) is 20.6 Å². The minimum Gasteiger partial charge on any atom is -0.489 e. The number of carbonyl (C=O) groups is 2. The fourth-order valence-corrected chi connectivity index (χ4v) is 7.12. The predicted octanol–water partition coefficient (Wildman–Crippen LogP) is 7.48. The zero-order valence-corrected chi connectivity index (χ0v) is 33.5. The summed E-state index contributed by atoms with van der Waals surface area (Å²) in [7, 11) is 0. The van der Waals surface area contributed by atoms with E-state index in [0.717, 1.165) is 17.7 Å². The van der Waals surface area contributed by atoms with Crippen LogP contribution in [-0.2, 0) is 24.1 Å². The first kappa shape index (κ1) is 42.3. The first-order chi connectivity index (χ1) is 29.6. The lowest BCUT2D eigenvalue weighted by molar-refractivity contribution is -0.140. The van der Waals surface area contributed by atoms with E-state index < -0.39 is 23.5 Å². The van der Waals surface area contributed by atoms with Crippen molar-refractivity contribution in [1.29, 1.82) is 0 Å². The number of alkyl halides is 3. The number of aliphatic hydroxyl groups is 1. The molecule has 12 nitrogen and oxygen atoms in total. The molecule has 61 heavy (non-hydrogen) atoms. The zero-order chi connectivity index (χ0) is 42.8. The number of halogens is 4. The van der Waals surface area contributed by atoms with Crippen LogP contribution in [0.15, 0.2) is 118 Å². The van der Waals surface area contributed by atoms with Crippen LogP contribution in [0.3, 0.4) is 0 Å². The summed E-state index contributed by atoms with van der Waals surface area (Å²) in [4.78, 5) is 35.3. The summed E-state index contributed by atoms with van der Waals surface area (Å²) in [6.07, 6.45) is -2.87. The molecule has 3 heterocycles. The second-order valence-electron chi connectivity index (χ2n) is 13.1. The standard InChI is InChI=1S/C43H34F4N8O4S2/c44-34-15-9-28(23-33(34)43(45,46)47)25-59-36-16-10-27(22-32(36)24-48-18-20-56)6-4-5-17-49-39(57)31-13-11-29(12-14-31)35-26-61-42(51-35)55-40(58)38(52-53-41-50-19-21-60-41)37(54-55)30-7-2-1-3-8-30/h1-3,7-16,19,21-23,26,48,56H,5,17-18,20,24-25H2,(H,49,57)(H,50,53)/b52-38+. The van der Waals surface area contributed by atoms with Gasteiger partial charge in [-0.15, -0.1) is 22.7 Å². The van der Waals surface area contributed by atoms with Crippen molar-refractivity contribution in [3.63, 3.8) is 0 Å². The number of nitrogens with zero attached hydrogens (tertiary/aromatic N) is 5. The number of aliphatic hydroxyl groups excluding tert-OH is 1. The third-order valence-electron chi connectivity index (χ3n) is 8.84. The molecule has 0 atom stereocenters. The molecule has 4 aromatic carbocycles. The number of rotatable bonds is 15. The zero-order valence-electron chi connectivity index (χ0n) is 31.9. The minimum atomic E-state index is -4.84. The van der Waals surface area contributed by atoms with E-state index in [9.17, 15) is 32.3 Å². The number of anilines is 2. The molecule has 1 aliphatic rings. The van der Waals surface area contributed by atoms with E-state index in [1.165, 1.54) is 33.7 Å². The molecule has 0 radical (unpaired) electrons. The molecule has 0 spiro atoms. The number of aromatic nitrogens is 2. The molecule has 0 fully saturated rings. The van der Waals surface area contributed by atoms with Crippen molar-refractivity contribution in [3.8, 4) is 28.8 Å². The van der Waals surface area contributed by atoms with Gasteiger partial charge in [0.2, 0.25) is 10.3 Å². The van der Waals surface area contributed by atoms with Gasteiger partial charge in [0.25, 0.3) is 5.91 Å². The summed E-state index contributed by atoms with van der Waals surface area (Å²) < 4.78 is 59.1. The van der Waals surface area contributed by atoms with E-state index in [-0.39, 0.29) is 43.5 Å². The number of carbonyl (C=O) groups excluding carboxylic acids is 2. The van der Waals surface area contributed by atoms with Gasteiger partial charge in [0.05, 0.1) is 17.9 Å². The van der Waals surface area contributed by atoms with E-state index in [4.69, 9.17) is 4.74 Å². The van der Waals surface area contributed by atoms with Gasteiger partial charge in [-0.3, -0.25) is 15.0 Å². The smallest absolute Gasteiger partial charge is 0.419 e. The molecule has 0 aliphatic carbocycles. The lowest BCUT2D eigenvalue weighted by Gasteiger charge is -2.14. The second-order valence-corrected chi connectivity index (χ2v) is 14.8.